The lowest BCUT2D eigenvalue weighted by atomic mass is 10.0. The summed E-state index contributed by atoms with van der Waals surface area (Å²) in [6.07, 6.45) is 6.85. The summed E-state index contributed by atoms with van der Waals surface area (Å²) >= 11 is 6.09. The smallest absolute Gasteiger partial charge is 0.327 e. The molecule has 0 aromatic heterocycles. The molecule has 1 aliphatic rings. The fourth-order valence-corrected chi connectivity index (χ4v) is 3.10. The lowest BCUT2D eigenvalue weighted by Crippen LogP contribution is -2.37. The van der Waals surface area contributed by atoms with E-state index in [9.17, 15) is 9.18 Å². The molecule has 2 rings (SSSR count). The molecule has 0 amide bonds. The van der Waals surface area contributed by atoms with Gasteiger partial charge in [-0.3, -0.25) is 5.32 Å². The molecule has 5 heteroatoms. The fourth-order valence-electron chi connectivity index (χ4n) is 2.82. The van der Waals surface area contributed by atoms with Gasteiger partial charge in [0, 0.05) is 11.1 Å². The summed E-state index contributed by atoms with van der Waals surface area (Å²) in [4.78, 5) is 12.1. The molecule has 1 aromatic rings. The van der Waals surface area contributed by atoms with E-state index in [1.54, 1.807) is 6.07 Å². The average Bonchev–Trinajstić information content (AvgIpc) is 2.73. The average molecular weight is 314 g/mol. The highest BCUT2D eigenvalue weighted by Gasteiger charge is 2.27. The van der Waals surface area contributed by atoms with Gasteiger partial charge in [0.1, 0.15) is 11.9 Å². The molecule has 1 saturated carbocycles. The van der Waals surface area contributed by atoms with Gasteiger partial charge in [-0.1, -0.05) is 43.4 Å². The van der Waals surface area contributed by atoms with E-state index in [1.807, 2.05) is 0 Å². The van der Waals surface area contributed by atoms with Crippen LogP contribution < -0.4 is 5.32 Å². The van der Waals surface area contributed by atoms with Crippen molar-refractivity contribution in [1.29, 1.82) is 0 Å². The summed E-state index contributed by atoms with van der Waals surface area (Å²) in [7, 11) is 1.35. The summed E-state index contributed by atoms with van der Waals surface area (Å²) in [6.45, 7) is 0. The minimum atomic E-state index is -0.647. The Balaban J connectivity index is 2.19. The lowest BCUT2D eigenvalue weighted by Gasteiger charge is -2.24. The molecule has 0 saturated heterocycles. The number of esters is 1. The van der Waals surface area contributed by atoms with Gasteiger partial charge in [0.25, 0.3) is 0 Å². The van der Waals surface area contributed by atoms with Crippen LogP contribution in [0, 0.1) is 5.82 Å². The van der Waals surface area contributed by atoms with Gasteiger partial charge in [0.05, 0.1) is 7.11 Å². The highest BCUT2D eigenvalue weighted by Crippen LogP contribution is 2.27. The van der Waals surface area contributed by atoms with E-state index in [1.165, 1.54) is 32.1 Å². The molecule has 1 atom stereocenters. The fraction of sp³-hybridized carbons (Fsp3) is 0.562. The molecule has 0 heterocycles. The maximum Gasteiger partial charge on any atom is 0.327 e. The Morgan fingerprint density at radius 1 is 1.33 bits per heavy atom. The number of halogens is 2. The Bertz CT molecular complexity index is 487. The molecule has 1 N–H and O–H groups in total. The highest BCUT2D eigenvalue weighted by atomic mass is 35.5. The number of hydrogen-bond acceptors (Lipinski definition) is 3. The van der Waals surface area contributed by atoms with E-state index < -0.39 is 17.8 Å². The molecule has 1 aromatic carbocycles. The van der Waals surface area contributed by atoms with Gasteiger partial charge >= 0.3 is 5.97 Å². The number of carbonyl (C=O) groups excluding carboxylic acids is 1. The molecular formula is C16H21ClFNO2. The Morgan fingerprint density at radius 3 is 2.57 bits per heavy atom. The van der Waals surface area contributed by atoms with Gasteiger partial charge in [0.2, 0.25) is 0 Å². The number of rotatable bonds is 4. The minimum Gasteiger partial charge on any atom is -0.468 e. The number of ether oxygens (including phenoxy) is 1. The SMILES string of the molecule is COC(=O)C(NC1CCCCCC1)c1ccc(F)cc1Cl. The van der Waals surface area contributed by atoms with Crippen molar-refractivity contribution in [2.75, 3.05) is 7.11 Å². The monoisotopic (exact) mass is 313 g/mol. The maximum atomic E-state index is 13.2. The van der Waals surface area contributed by atoms with Crippen molar-refractivity contribution in [2.45, 2.75) is 50.6 Å². The zero-order valence-corrected chi connectivity index (χ0v) is 13.0. The second-order valence-electron chi connectivity index (χ2n) is 5.48. The Morgan fingerprint density at radius 2 is 2.00 bits per heavy atom. The third kappa shape index (κ3) is 4.42. The zero-order valence-electron chi connectivity index (χ0n) is 12.2. The van der Waals surface area contributed by atoms with Crippen LogP contribution >= 0.6 is 11.6 Å². The summed E-state index contributed by atoms with van der Waals surface area (Å²) in [5.74, 6) is -0.811. The van der Waals surface area contributed by atoms with Crippen LogP contribution in [0.25, 0.3) is 0 Å². The molecule has 21 heavy (non-hydrogen) atoms. The van der Waals surface area contributed by atoms with Crippen molar-refractivity contribution in [1.82, 2.24) is 5.32 Å². The lowest BCUT2D eigenvalue weighted by molar-refractivity contribution is -0.143. The number of carbonyl (C=O) groups is 1. The summed E-state index contributed by atoms with van der Waals surface area (Å²) in [5.41, 5.74) is 0.564. The third-order valence-corrected chi connectivity index (χ3v) is 4.30. The second kappa shape index (κ2) is 7.76. The first kappa shape index (κ1) is 16.2. The topological polar surface area (TPSA) is 38.3 Å². The van der Waals surface area contributed by atoms with Crippen molar-refractivity contribution < 1.29 is 13.9 Å². The molecular weight excluding hydrogens is 293 g/mol. The second-order valence-corrected chi connectivity index (χ2v) is 5.88. The van der Waals surface area contributed by atoms with Crippen LogP contribution in [-0.2, 0) is 9.53 Å². The number of hydrogen-bond donors (Lipinski definition) is 1. The van der Waals surface area contributed by atoms with E-state index in [0.29, 0.717) is 5.56 Å². The first-order valence-electron chi connectivity index (χ1n) is 7.40. The van der Waals surface area contributed by atoms with Crippen LogP contribution in [0.4, 0.5) is 4.39 Å². The van der Waals surface area contributed by atoms with E-state index in [4.69, 9.17) is 16.3 Å². The van der Waals surface area contributed by atoms with Crippen molar-refractivity contribution in [3.8, 4) is 0 Å². The van der Waals surface area contributed by atoms with Crippen LogP contribution in [-0.4, -0.2) is 19.1 Å². The van der Waals surface area contributed by atoms with Crippen LogP contribution in [0.1, 0.15) is 50.1 Å². The predicted molar refractivity (Wildman–Crippen MR) is 80.8 cm³/mol. The van der Waals surface area contributed by atoms with Crippen molar-refractivity contribution in [3.63, 3.8) is 0 Å². The first-order valence-corrected chi connectivity index (χ1v) is 7.78. The molecule has 0 bridgehead atoms. The van der Waals surface area contributed by atoms with Crippen molar-refractivity contribution in [3.05, 3.63) is 34.6 Å². The molecule has 1 unspecified atom stereocenters. The first-order chi connectivity index (χ1) is 10.1. The molecule has 0 spiro atoms. The maximum absolute atomic E-state index is 13.2. The molecule has 3 nitrogen and oxygen atoms in total. The van der Waals surface area contributed by atoms with Gasteiger partial charge in [-0.05, 0) is 30.5 Å². The van der Waals surface area contributed by atoms with Crippen LogP contribution in [0.2, 0.25) is 5.02 Å². The molecule has 1 aliphatic carbocycles. The summed E-state index contributed by atoms with van der Waals surface area (Å²) < 4.78 is 18.1. The Hall–Kier alpha value is -1.13. The quantitative estimate of drug-likeness (QED) is 0.674. The Kier molecular flexibility index (Phi) is 6.00. The van der Waals surface area contributed by atoms with Crippen LogP contribution in [0.5, 0.6) is 0 Å². The zero-order chi connectivity index (χ0) is 15.2. The van der Waals surface area contributed by atoms with Crippen LogP contribution in [0.15, 0.2) is 18.2 Å². The van der Waals surface area contributed by atoms with Crippen molar-refractivity contribution >= 4 is 17.6 Å². The van der Waals surface area contributed by atoms with Gasteiger partial charge in [-0.25, -0.2) is 9.18 Å². The van der Waals surface area contributed by atoms with E-state index in [0.717, 1.165) is 25.7 Å². The molecule has 116 valence electrons. The van der Waals surface area contributed by atoms with Gasteiger partial charge in [0.15, 0.2) is 0 Å². The van der Waals surface area contributed by atoms with Crippen LogP contribution in [0.3, 0.4) is 0 Å². The largest absolute Gasteiger partial charge is 0.468 e. The normalized spacial score (nSPS) is 18.0. The van der Waals surface area contributed by atoms with Gasteiger partial charge in [-0.2, -0.15) is 0 Å². The van der Waals surface area contributed by atoms with Gasteiger partial charge in [-0.15, -0.1) is 0 Å². The minimum absolute atomic E-state index is 0.242. The predicted octanol–water partition coefficient (Wildman–Crippen LogP) is 4.01. The van der Waals surface area contributed by atoms with Crippen molar-refractivity contribution in [2.24, 2.45) is 0 Å². The van der Waals surface area contributed by atoms with E-state index in [-0.39, 0.29) is 11.1 Å². The van der Waals surface area contributed by atoms with Gasteiger partial charge < -0.3 is 4.74 Å². The number of nitrogens with one attached hydrogen (secondary N) is 1. The Labute approximate surface area is 129 Å². The molecule has 0 radical (unpaired) electrons. The highest BCUT2D eigenvalue weighted by molar-refractivity contribution is 6.31. The number of benzene rings is 1. The molecule has 1 fully saturated rings. The standard InChI is InChI=1S/C16H21ClFNO2/c1-21-16(20)15(13-9-8-11(18)10-14(13)17)19-12-6-4-2-3-5-7-12/h8-10,12,15,19H,2-7H2,1H3. The van der Waals surface area contributed by atoms with E-state index >= 15 is 0 Å². The third-order valence-electron chi connectivity index (χ3n) is 3.97. The number of methoxy groups -OCH3 is 1. The van der Waals surface area contributed by atoms with E-state index in [2.05, 4.69) is 5.32 Å². The summed E-state index contributed by atoms with van der Waals surface area (Å²) in [6, 6.07) is 3.69. The summed E-state index contributed by atoms with van der Waals surface area (Å²) in [5, 5.41) is 3.58. The molecule has 0 aliphatic heterocycles.